The van der Waals surface area contributed by atoms with Crippen LogP contribution < -0.4 is 24.8 Å². The smallest absolute Gasteiger partial charge is 0.273 e. The Bertz CT molecular complexity index is 1620. The highest BCUT2D eigenvalue weighted by atomic mass is 35.5. The van der Waals surface area contributed by atoms with Crippen LogP contribution in [0.2, 0.25) is 10.0 Å². The largest absolute Gasteiger partial charge is 0.497 e. The summed E-state index contributed by atoms with van der Waals surface area (Å²) in [5.74, 6) is -0.00741. The maximum Gasteiger partial charge on any atom is 0.273 e. The normalized spacial score (nSPS) is 12.1. The number of carbonyl (C=O) groups is 1. The molecule has 0 aliphatic heterocycles. The van der Waals surface area contributed by atoms with Crippen LogP contribution >= 0.6 is 34.5 Å². The monoisotopic (exact) mass is 521 g/mol. The Balaban J connectivity index is 1.92. The van der Waals surface area contributed by atoms with Gasteiger partial charge in [-0.25, -0.2) is 0 Å². The van der Waals surface area contributed by atoms with E-state index in [1.54, 1.807) is 61.7 Å². The maximum atomic E-state index is 13.4. The van der Waals surface area contributed by atoms with E-state index >= 15 is 0 Å². The minimum atomic E-state index is -0.696. The number of hydrogen-bond acceptors (Lipinski definition) is 5. The molecular weight excluding hydrogens is 505 g/mol. The summed E-state index contributed by atoms with van der Waals surface area (Å²) in [5.41, 5.74) is 1.02. The van der Waals surface area contributed by atoms with E-state index in [4.69, 9.17) is 27.9 Å². The lowest BCUT2D eigenvalue weighted by Crippen LogP contribution is -2.32. The van der Waals surface area contributed by atoms with Gasteiger partial charge in [-0.2, -0.15) is 5.26 Å². The third-order valence-electron chi connectivity index (χ3n) is 4.98. The number of aromatic nitrogens is 1. The van der Waals surface area contributed by atoms with Crippen LogP contribution in [-0.2, 0) is 4.79 Å². The highest BCUT2D eigenvalue weighted by molar-refractivity contribution is 7.07. The number of hydrogen-bond donors (Lipinski definition) is 1. The van der Waals surface area contributed by atoms with Crippen molar-refractivity contribution >= 4 is 57.8 Å². The first-order valence-corrected chi connectivity index (χ1v) is 11.8. The minimum Gasteiger partial charge on any atom is -0.497 e. The van der Waals surface area contributed by atoms with Gasteiger partial charge in [0, 0.05) is 5.02 Å². The Hall–Kier alpha value is -3.83. The predicted octanol–water partition coefficient (Wildman–Crippen LogP) is 4.36. The molecule has 0 fully saturated rings. The number of ether oxygens (including phenoxy) is 1. The molecular formula is C26H17Cl2N3O3S. The second-order valence-corrected chi connectivity index (χ2v) is 9.10. The fourth-order valence-electron chi connectivity index (χ4n) is 3.28. The van der Waals surface area contributed by atoms with Crippen LogP contribution in [0.15, 0.2) is 77.6 Å². The lowest BCUT2D eigenvalue weighted by Gasteiger charge is -2.07. The van der Waals surface area contributed by atoms with Crippen molar-refractivity contribution in [2.45, 2.75) is 0 Å². The Morgan fingerprint density at radius 2 is 1.80 bits per heavy atom. The molecule has 0 bridgehead atoms. The van der Waals surface area contributed by atoms with E-state index < -0.39 is 5.91 Å². The van der Waals surface area contributed by atoms with Crippen molar-refractivity contribution < 1.29 is 9.53 Å². The molecule has 3 aromatic carbocycles. The number of carbonyl (C=O) groups excluding carboxylic acids is 1. The molecule has 0 aliphatic rings. The van der Waals surface area contributed by atoms with Gasteiger partial charge >= 0.3 is 0 Å². The highest BCUT2D eigenvalue weighted by Crippen LogP contribution is 2.25. The van der Waals surface area contributed by atoms with Crippen molar-refractivity contribution in [3.05, 3.63) is 108 Å². The van der Waals surface area contributed by atoms with Gasteiger partial charge in [0.1, 0.15) is 16.5 Å². The number of nitrogens with one attached hydrogen (secondary N) is 1. The van der Waals surface area contributed by atoms with Gasteiger partial charge in [-0.1, -0.05) is 53.5 Å². The molecule has 0 radical (unpaired) electrons. The zero-order valence-corrected chi connectivity index (χ0v) is 20.6. The molecule has 0 aliphatic carbocycles. The van der Waals surface area contributed by atoms with Crippen LogP contribution in [0, 0.1) is 11.3 Å². The van der Waals surface area contributed by atoms with Crippen LogP contribution in [0.5, 0.6) is 5.75 Å². The molecule has 9 heteroatoms. The molecule has 0 atom stereocenters. The van der Waals surface area contributed by atoms with Crippen LogP contribution in [0.3, 0.4) is 0 Å². The van der Waals surface area contributed by atoms with E-state index in [0.717, 1.165) is 16.9 Å². The average molecular weight is 522 g/mol. The average Bonchev–Trinajstić information content (AvgIpc) is 3.17. The molecule has 4 aromatic rings. The molecule has 1 N–H and O–H groups in total. The van der Waals surface area contributed by atoms with Gasteiger partial charge in [0.05, 0.1) is 28.0 Å². The predicted molar refractivity (Wildman–Crippen MR) is 140 cm³/mol. The summed E-state index contributed by atoms with van der Waals surface area (Å²) in [6.45, 7) is 0. The molecule has 0 unspecified atom stereocenters. The fourth-order valence-corrected chi connectivity index (χ4v) is 4.84. The molecule has 35 heavy (non-hydrogen) atoms. The third-order valence-corrected chi connectivity index (χ3v) is 6.62. The van der Waals surface area contributed by atoms with Crippen LogP contribution in [0.4, 0.5) is 5.69 Å². The second-order valence-electron chi connectivity index (χ2n) is 7.23. The van der Waals surface area contributed by atoms with Gasteiger partial charge in [0.15, 0.2) is 5.57 Å². The minimum absolute atomic E-state index is 0.200. The van der Waals surface area contributed by atoms with E-state index in [9.17, 15) is 14.9 Å². The van der Waals surface area contributed by atoms with Crippen molar-refractivity contribution in [3.8, 4) is 17.5 Å². The number of rotatable bonds is 5. The van der Waals surface area contributed by atoms with Crippen LogP contribution in [-0.4, -0.2) is 17.6 Å². The molecule has 1 heterocycles. The maximum absolute atomic E-state index is 13.4. The van der Waals surface area contributed by atoms with Gasteiger partial charge in [0.2, 0.25) is 0 Å². The summed E-state index contributed by atoms with van der Waals surface area (Å²) in [6.07, 6.45) is 1.71. The summed E-state index contributed by atoms with van der Waals surface area (Å²) < 4.78 is 7.11. The van der Waals surface area contributed by atoms with E-state index in [0.29, 0.717) is 26.7 Å². The summed E-state index contributed by atoms with van der Waals surface area (Å²) >= 11 is 13.2. The molecule has 0 spiro atoms. The van der Waals surface area contributed by atoms with E-state index in [2.05, 4.69) is 5.32 Å². The number of nitriles is 1. The molecule has 1 amide bonds. The Labute approximate surface area is 214 Å². The van der Waals surface area contributed by atoms with Gasteiger partial charge in [-0.3, -0.25) is 14.2 Å². The standard InChI is InChI=1S/C26H17Cl2N3O3S/c1-34-19-10-7-16(8-11-19)13-23-25(33)31(18-5-3-2-4-6-18)26(35-23)20(15-29)24(32)30-22-12-9-17(27)14-21(22)28/h2-14H,1H3,(H,30,32). The number of para-hydroxylation sites is 1. The first-order chi connectivity index (χ1) is 16.9. The number of methoxy groups -OCH3 is 1. The summed E-state index contributed by atoms with van der Waals surface area (Å²) in [7, 11) is 1.57. The summed E-state index contributed by atoms with van der Waals surface area (Å²) in [5, 5.41) is 13.2. The van der Waals surface area contributed by atoms with Gasteiger partial charge in [-0.15, -0.1) is 11.3 Å². The zero-order valence-electron chi connectivity index (χ0n) is 18.3. The first-order valence-electron chi connectivity index (χ1n) is 10.2. The Morgan fingerprint density at radius 1 is 1.09 bits per heavy atom. The van der Waals surface area contributed by atoms with E-state index in [-0.39, 0.29) is 20.8 Å². The highest BCUT2D eigenvalue weighted by Gasteiger charge is 2.18. The molecule has 6 nitrogen and oxygen atoms in total. The molecule has 174 valence electrons. The number of benzene rings is 3. The quantitative estimate of drug-likeness (QED) is 0.423. The number of amides is 1. The van der Waals surface area contributed by atoms with Crippen molar-refractivity contribution in [2.24, 2.45) is 0 Å². The number of thiazole rings is 1. The van der Waals surface area contributed by atoms with Gasteiger partial charge < -0.3 is 10.1 Å². The number of anilines is 1. The lowest BCUT2D eigenvalue weighted by molar-refractivity contribution is -0.111. The van der Waals surface area contributed by atoms with E-state index in [1.165, 1.54) is 10.6 Å². The molecule has 4 rings (SSSR count). The Morgan fingerprint density at radius 3 is 2.43 bits per heavy atom. The lowest BCUT2D eigenvalue weighted by atomic mass is 10.2. The molecule has 1 aromatic heterocycles. The summed E-state index contributed by atoms with van der Waals surface area (Å²) in [6, 6.07) is 22.6. The van der Waals surface area contributed by atoms with Crippen molar-refractivity contribution in [3.63, 3.8) is 0 Å². The second kappa shape index (κ2) is 10.6. The molecule has 0 saturated carbocycles. The van der Waals surface area contributed by atoms with Crippen LogP contribution in [0.1, 0.15) is 5.56 Å². The third kappa shape index (κ3) is 5.31. The number of halogens is 2. The van der Waals surface area contributed by atoms with Crippen molar-refractivity contribution in [2.75, 3.05) is 12.4 Å². The van der Waals surface area contributed by atoms with Crippen LogP contribution in [0.25, 0.3) is 17.3 Å². The van der Waals surface area contributed by atoms with E-state index in [1.807, 2.05) is 24.3 Å². The Kier molecular flexibility index (Phi) is 7.37. The van der Waals surface area contributed by atoms with Gasteiger partial charge in [0.25, 0.3) is 11.5 Å². The zero-order chi connectivity index (χ0) is 24.9. The SMILES string of the molecule is COc1ccc(C=c2sc(=C(C#N)C(=O)Nc3ccc(Cl)cc3Cl)n(-c3ccccc3)c2=O)cc1. The van der Waals surface area contributed by atoms with Crippen molar-refractivity contribution in [1.29, 1.82) is 5.26 Å². The fraction of sp³-hybridized carbons (Fsp3) is 0.0385. The van der Waals surface area contributed by atoms with Gasteiger partial charge in [-0.05, 0) is 54.1 Å². The topological polar surface area (TPSA) is 84.1 Å². The first kappa shape index (κ1) is 24.3. The number of nitrogens with zero attached hydrogens (tertiary/aromatic N) is 2. The van der Waals surface area contributed by atoms with Crippen molar-refractivity contribution in [1.82, 2.24) is 4.57 Å². The molecule has 0 saturated heterocycles. The summed E-state index contributed by atoms with van der Waals surface area (Å²) in [4.78, 5) is 26.6.